The zero-order valence-electron chi connectivity index (χ0n) is 27.9. The summed E-state index contributed by atoms with van der Waals surface area (Å²) in [6.45, 7) is 12.5. The van der Waals surface area contributed by atoms with Gasteiger partial charge in [0.15, 0.2) is 0 Å². The van der Waals surface area contributed by atoms with Crippen molar-refractivity contribution < 1.29 is 9.53 Å². The molecule has 44 heavy (non-hydrogen) atoms. The van der Waals surface area contributed by atoms with Crippen LogP contribution in [-0.4, -0.2) is 12.1 Å². The number of fused-ring (bicyclic) bond motifs is 5. The number of rotatable bonds is 7. The first-order valence-electron chi connectivity index (χ1n) is 17.7. The number of ether oxygens (including phenoxy) is 1. The van der Waals surface area contributed by atoms with Crippen LogP contribution in [0.1, 0.15) is 115 Å². The number of carbonyl (C=O) groups excluding carboxylic acids is 1. The first kappa shape index (κ1) is 31.2. The summed E-state index contributed by atoms with van der Waals surface area (Å²) in [6, 6.07) is 20.0. The molecule has 0 bridgehead atoms. The zero-order chi connectivity index (χ0) is 30.9. The molecule has 0 aromatic heterocycles. The largest absolute Gasteiger partial charge is 0.459 e. The lowest BCUT2D eigenvalue weighted by atomic mass is 9.44. The van der Waals surface area contributed by atoms with E-state index >= 15 is 0 Å². The van der Waals surface area contributed by atoms with E-state index in [1.807, 2.05) is 30.3 Å². The molecule has 2 nitrogen and oxygen atoms in total. The predicted octanol–water partition coefficient (Wildman–Crippen LogP) is 10.5. The Bertz CT molecular complexity index is 1380. The topological polar surface area (TPSA) is 26.3 Å². The van der Waals surface area contributed by atoms with Crippen molar-refractivity contribution in [2.75, 3.05) is 0 Å². The molecule has 0 amide bonds. The molecule has 4 aliphatic rings. The summed E-state index contributed by atoms with van der Waals surface area (Å²) in [5, 5.41) is 0. The minimum atomic E-state index is -0.186. The molecule has 234 valence electrons. The minimum Gasteiger partial charge on any atom is -0.459 e. The maximum absolute atomic E-state index is 13.0. The van der Waals surface area contributed by atoms with Crippen LogP contribution in [0.25, 0.3) is 0 Å². The van der Waals surface area contributed by atoms with Crippen LogP contribution in [0.5, 0.6) is 0 Å². The smallest absolute Gasteiger partial charge is 0.338 e. The van der Waals surface area contributed by atoms with Gasteiger partial charge in [-0.05, 0) is 121 Å². The highest BCUT2D eigenvalue weighted by molar-refractivity contribution is 5.89. The third kappa shape index (κ3) is 6.06. The standard InChI is InChI=1S/C42H54O2/c1-29(2)13-12-14-30(3)36-21-22-37-39-33(20-19-31-15-8-6-9-16-31)27-34-28-35(44-40(43)32-17-10-7-11-18-32)23-25-41(34,4)38(39)24-26-42(36,37)5/h6-11,15-18,27,29-30,34-39H,12-14,21-26,28H2,1-5H3. The van der Waals surface area contributed by atoms with Gasteiger partial charge in [0, 0.05) is 11.1 Å². The molecular weight excluding hydrogens is 536 g/mol. The van der Waals surface area contributed by atoms with Crippen LogP contribution in [0.15, 0.2) is 72.3 Å². The van der Waals surface area contributed by atoms with Crippen molar-refractivity contribution in [2.24, 2.45) is 52.3 Å². The van der Waals surface area contributed by atoms with Crippen LogP contribution in [0.3, 0.4) is 0 Å². The lowest BCUT2D eigenvalue weighted by Gasteiger charge is -2.60. The Morgan fingerprint density at radius 1 is 0.841 bits per heavy atom. The Kier molecular flexibility index (Phi) is 9.15. The van der Waals surface area contributed by atoms with E-state index in [2.05, 4.69) is 82.9 Å². The van der Waals surface area contributed by atoms with E-state index in [1.54, 1.807) is 0 Å². The van der Waals surface area contributed by atoms with Crippen molar-refractivity contribution in [1.82, 2.24) is 0 Å². The monoisotopic (exact) mass is 590 g/mol. The van der Waals surface area contributed by atoms with Crippen molar-refractivity contribution >= 4 is 5.97 Å². The average Bonchev–Trinajstić information content (AvgIpc) is 3.38. The van der Waals surface area contributed by atoms with Crippen molar-refractivity contribution in [3.63, 3.8) is 0 Å². The number of allylic oxidation sites excluding steroid dienone is 2. The fourth-order valence-electron chi connectivity index (χ4n) is 10.4. The van der Waals surface area contributed by atoms with E-state index in [0.717, 1.165) is 42.6 Å². The molecule has 3 saturated carbocycles. The fourth-order valence-corrected chi connectivity index (χ4v) is 10.4. The molecule has 2 aromatic carbocycles. The van der Waals surface area contributed by atoms with E-state index in [9.17, 15) is 4.79 Å². The van der Waals surface area contributed by atoms with E-state index in [4.69, 9.17) is 4.74 Å². The Morgan fingerprint density at radius 3 is 2.25 bits per heavy atom. The SMILES string of the molecule is CC(C)CCCC(C)C1CCC2C3C(C#Cc4ccccc4)=CC4CC(OC(=O)c5ccccc5)CCC4(C)C3CCC12C. The highest BCUT2D eigenvalue weighted by atomic mass is 16.5. The second kappa shape index (κ2) is 12.9. The lowest BCUT2D eigenvalue weighted by Crippen LogP contribution is -2.54. The van der Waals surface area contributed by atoms with Gasteiger partial charge in [0.2, 0.25) is 0 Å². The molecule has 0 spiro atoms. The van der Waals surface area contributed by atoms with Crippen molar-refractivity contribution in [1.29, 1.82) is 0 Å². The summed E-state index contributed by atoms with van der Waals surface area (Å²) in [5.74, 6) is 11.9. The molecule has 0 aliphatic heterocycles. The third-order valence-electron chi connectivity index (χ3n) is 12.8. The van der Waals surface area contributed by atoms with Crippen molar-refractivity contribution in [2.45, 2.75) is 105 Å². The molecule has 9 unspecified atom stereocenters. The first-order chi connectivity index (χ1) is 21.2. The van der Waals surface area contributed by atoms with Gasteiger partial charge >= 0.3 is 5.97 Å². The van der Waals surface area contributed by atoms with Crippen LogP contribution in [-0.2, 0) is 4.74 Å². The van der Waals surface area contributed by atoms with Crippen LogP contribution in [0, 0.1) is 64.1 Å². The number of hydrogen-bond donors (Lipinski definition) is 0. The predicted molar refractivity (Wildman–Crippen MR) is 181 cm³/mol. The normalized spacial score (nSPS) is 34.9. The molecule has 0 N–H and O–H groups in total. The van der Waals surface area contributed by atoms with Crippen LogP contribution >= 0.6 is 0 Å². The van der Waals surface area contributed by atoms with E-state index < -0.39 is 0 Å². The molecule has 0 heterocycles. The third-order valence-corrected chi connectivity index (χ3v) is 12.8. The minimum absolute atomic E-state index is 0.0340. The highest BCUT2D eigenvalue weighted by Gasteiger charge is 2.61. The van der Waals surface area contributed by atoms with Gasteiger partial charge in [-0.25, -0.2) is 4.79 Å². The summed E-state index contributed by atoms with van der Waals surface area (Å²) in [6.07, 6.45) is 15.0. The van der Waals surface area contributed by atoms with Gasteiger partial charge in [-0.2, -0.15) is 0 Å². The summed E-state index contributed by atoms with van der Waals surface area (Å²) >= 11 is 0. The quantitative estimate of drug-likeness (QED) is 0.237. The maximum Gasteiger partial charge on any atom is 0.338 e. The van der Waals surface area contributed by atoms with Gasteiger partial charge in [0.25, 0.3) is 0 Å². The number of benzene rings is 2. The van der Waals surface area contributed by atoms with Gasteiger partial charge in [0.1, 0.15) is 6.10 Å². The summed E-state index contributed by atoms with van der Waals surface area (Å²) in [4.78, 5) is 13.0. The molecule has 3 fully saturated rings. The fraction of sp³-hybridized carbons (Fsp3) is 0.595. The van der Waals surface area contributed by atoms with E-state index in [0.29, 0.717) is 34.7 Å². The Labute approximate surface area is 267 Å². The second-order valence-corrected chi connectivity index (χ2v) is 15.8. The summed E-state index contributed by atoms with van der Waals surface area (Å²) < 4.78 is 6.14. The van der Waals surface area contributed by atoms with Gasteiger partial charge in [-0.15, -0.1) is 0 Å². The molecule has 0 radical (unpaired) electrons. The number of esters is 1. The Balaban J connectivity index is 1.29. The van der Waals surface area contributed by atoms with Gasteiger partial charge < -0.3 is 4.74 Å². The lowest BCUT2D eigenvalue weighted by molar-refractivity contribution is -0.0869. The molecule has 2 aromatic rings. The highest BCUT2D eigenvalue weighted by Crippen LogP contribution is 2.68. The summed E-state index contributed by atoms with van der Waals surface area (Å²) in [5.41, 5.74) is 3.77. The Morgan fingerprint density at radius 2 is 1.52 bits per heavy atom. The van der Waals surface area contributed by atoms with E-state index in [-0.39, 0.29) is 17.5 Å². The van der Waals surface area contributed by atoms with Crippen LogP contribution in [0.4, 0.5) is 0 Å². The van der Waals surface area contributed by atoms with E-state index in [1.165, 1.54) is 50.5 Å². The van der Waals surface area contributed by atoms with Gasteiger partial charge in [-0.1, -0.05) is 108 Å². The van der Waals surface area contributed by atoms with Crippen molar-refractivity contribution in [3.8, 4) is 11.8 Å². The molecule has 2 heteroatoms. The summed E-state index contributed by atoms with van der Waals surface area (Å²) in [7, 11) is 0. The van der Waals surface area contributed by atoms with Gasteiger partial charge in [-0.3, -0.25) is 0 Å². The molecule has 4 aliphatic carbocycles. The first-order valence-corrected chi connectivity index (χ1v) is 17.7. The number of hydrogen-bond acceptors (Lipinski definition) is 2. The molecule has 9 atom stereocenters. The van der Waals surface area contributed by atoms with Crippen LogP contribution in [0.2, 0.25) is 0 Å². The average molecular weight is 591 g/mol. The number of carbonyl (C=O) groups is 1. The maximum atomic E-state index is 13.0. The molecule has 6 rings (SSSR count). The second-order valence-electron chi connectivity index (χ2n) is 15.8. The Hall–Kier alpha value is -2.79. The molecule has 0 saturated heterocycles. The zero-order valence-corrected chi connectivity index (χ0v) is 27.9. The van der Waals surface area contributed by atoms with Crippen LogP contribution < -0.4 is 0 Å². The molecular formula is C42H54O2. The van der Waals surface area contributed by atoms with Gasteiger partial charge in [0.05, 0.1) is 5.56 Å². The van der Waals surface area contributed by atoms with Crippen molar-refractivity contribution in [3.05, 3.63) is 83.4 Å².